The van der Waals surface area contributed by atoms with Crippen molar-refractivity contribution in [2.24, 2.45) is 0 Å². The van der Waals surface area contributed by atoms with Crippen LogP contribution in [-0.2, 0) is 13.1 Å². The zero-order chi connectivity index (χ0) is 22.5. The van der Waals surface area contributed by atoms with Gasteiger partial charge in [0, 0.05) is 6.07 Å². The van der Waals surface area contributed by atoms with Gasteiger partial charge in [0.15, 0.2) is 10.9 Å². The Morgan fingerprint density at radius 1 is 1.03 bits per heavy atom. The van der Waals surface area contributed by atoms with Crippen LogP contribution in [-0.4, -0.2) is 43.8 Å². The molecule has 2 heterocycles. The van der Waals surface area contributed by atoms with Crippen molar-refractivity contribution in [3.8, 4) is 0 Å². The molecule has 1 saturated heterocycles. The second kappa shape index (κ2) is 10.4. The summed E-state index contributed by atoms with van der Waals surface area (Å²) in [5.74, 6) is -1.10. The van der Waals surface area contributed by atoms with E-state index in [-0.39, 0.29) is 5.56 Å². The maximum absolute atomic E-state index is 14.1. The number of carbonyl (C=O) groups excluding carboxylic acids is 1. The zero-order valence-electron chi connectivity index (χ0n) is 18.0. The predicted octanol–water partition coefficient (Wildman–Crippen LogP) is 4.95. The van der Waals surface area contributed by atoms with Gasteiger partial charge in [-0.25, -0.2) is 8.78 Å². The third kappa shape index (κ3) is 5.42. The maximum Gasteiger partial charge on any atom is 0.192 e. The van der Waals surface area contributed by atoms with Crippen molar-refractivity contribution in [1.29, 1.82) is 0 Å². The van der Waals surface area contributed by atoms with Gasteiger partial charge in [0.25, 0.3) is 0 Å². The number of thioether (sulfide) groups is 1. The van der Waals surface area contributed by atoms with Crippen LogP contribution in [0, 0.1) is 11.6 Å². The first-order valence-electron chi connectivity index (χ1n) is 10.9. The first-order chi connectivity index (χ1) is 15.5. The average Bonchev–Trinajstić information content (AvgIpc) is 3.15. The molecule has 0 bridgehead atoms. The Morgan fingerprint density at radius 2 is 1.78 bits per heavy atom. The summed E-state index contributed by atoms with van der Waals surface area (Å²) < 4.78 is 29.4. The van der Waals surface area contributed by atoms with E-state index in [1.807, 2.05) is 34.9 Å². The first kappa shape index (κ1) is 22.6. The van der Waals surface area contributed by atoms with Crippen LogP contribution in [0.1, 0.15) is 47.9 Å². The molecular weight excluding hydrogens is 430 g/mol. The molecule has 32 heavy (non-hydrogen) atoms. The van der Waals surface area contributed by atoms with Crippen LogP contribution >= 0.6 is 11.8 Å². The third-order valence-electron chi connectivity index (χ3n) is 5.64. The Balaban J connectivity index is 1.57. The molecule has 0 N–H and O–H groups in total. The summed E-state index contributed by atoms with van der Waals surface area (Å²) in [5.41, 5.74) is 0.992. The number of hydrogen-bond donors (Lipinski definition) is 0. The standard InChI is InChI=1S/C24H26F2N4OS/c1-17(23(31)20-11-10-19(25)14-21(20)26)32-24-28-27-22(16-29-12-6-3-7-13-29)30(24)15-18-8-4-2-5-9-18/h2,4-5,8-11,14,17H,3,6-7,12-13,15-16H2,1H3. The van der Waals surface area contributed by atoms with Crippen LogP contribution in [0.4, 0.5) is 8.78 Å². The number of Topliss-reactive ketones (excluding diaryl/α,β-unsaturated/α-hetero) is 1. The van der Waals surface area contributed by atoms with Gasteiger partial charge in [-0.2, -0.15) is 0 Å². The van der Waals surface area contributed by atoms with Crippen molar-refractivity contribution in [2.45, 2.75) is 49.7 Å². The molecule has 0 spiro atoms. The van der Waals surface area contributed by atoms with Gasteiger partial charge in [-0.05, 0) is 50.6 Å². The molecule has 5 nitrogen and oxygen atoms in total. The molecule has 8 heteroatoms. The second-order valence-corrected chi connectivity index (χ2v) is 9.36. The lowest BCUT2D eigenvalue weighted by Crippen LogP contribution is -2.30. The van der Waals surface area contributed by atoms with E-state index in [0.29, 0.717) is 18.2 Å². The molecule has 2 aromatic carbocycles. The molecule has 4 rings (SSSR count). The van der Waals surface area contributed by atoms with Crippen LogP contribution in [0.15, 0.2) is 53.7 Å². The molecule has 0 radical (unpaired) electrons. The van der Waals surface area contributed by atoms with Gasteiger partial charge in [0.05, 0.1) is 23.9 Å². The van der Waals surface area contributed by atoms with Crippen molar-refractivity contribution in [1.82, 2.24) is 19.7 Å². The Labute approximate surface area is 190 Å². The molecule has 0 amide bonds. The largest absolute Gasteiger partial charge is 0.300 e. The molecule has 3 aromatic rings. The van der Waals surface area contributed by atoms with E-state index in [9.17, 15) is 13.6 Å². The lowest BCUT2D eigenvalue weighted by atomic mass is 10.1. The number of carbonyl (C=O) groups is 1. The van der Waals surface area contributed by atoms with E-state index >= 15 is 0 Å². The van der Waals surface area contributed by atoms with E-state index in [1.54, 1.807) is 6.92 Å². The number of benzene rings is 2. The van der Waals surface area contributed by atoms with Gasteiger partial charge in [0.1, 0.15) is 17.5 Å². The summed E-state index contributed by atoms with van der Waals surface area (Å²) in [4.78, 5) is 15.2. The van der Waals surface area contributed by atoms with Gasteiger partial charge < -0.3 is 4.57 Å². The van der Waals surface area contributed by atoms with Crippen molar-refractivity contribution < 1.29 is 13.6 Å². The number of rotatable bonds is 8. The summed E-state index contributed by atoms with van der Waals surface area (Å²) in [6.07, 6.45) is 3.63. The average molecular weight is 457 g/mol. The fourth-order valence-corrected chi connectivity index (χ4v) is 4.82. The Morgan fingerprint density at radius 3 is 2.50 bits per heavy atom. The quantitative estimate of drug-likeness (QED) is 0.354. The number of hydrogen-bond acceptors (Lipinski definition) is 5. The SMILES string of the molecule is CC(Sc1nnc(CN2CCCCC2)n1Cc1ccccc1)C(=O)c1ccc(F)cc1F. The summed E-state index contributed by atoms with van der Waals surface area (Å²) in [6, 6.07) is 13.1. The normalized spacial score (nSPS) is 15.6. The topological polar surface area (TPSA) is 51.0 Å². The number of aromatic nitrogens is 3. The monoisotopic (exact) mass is 456 g/mol. The number of piperidine rings is 1. The molecule has 1 aromatic heterocycles. The fourth-order valence-electron chi connectivity index (χ4n) is 3.89. The van der Waals surface area contributed by atoms with Crippen molar-refractivity contribution >= 4 is 17.5 Å². The van der Waals surface area contributed by atoms with Crippen LogP contribution in [0.25, 0.3) is 0 Å². The lowest BCUT2D eigenvalue weighted by Gasteiger charge is -2.26. The number of ketones is 1. The number of nitrogens with zero attached hydrogens (tertiary/aromatic N) is 4. The van der Waals surface area contributed by atoms with E-state index in [2.05, 4.69) is 15.1 Å². The highest BCUT2D eigenvalue weighted by atomic mass is 32.2. The molecule has 1 fully saturated rings. The molecule has 0 saturated carbocycles. The molecule has 168 valence electrons. The highest BCUT2D eigenvalue weighted by Gasteiger charge is 2.24. The lowest BCUT2D eigenvalue weighted by molar-refractivity contribution is 0.0990. The highest BCUT2D eigenvalue weighted by Crippen LogP contribution is 2.27. The Kier molecular flexibility index (Phi) is 7.32. The molecular formula is C24H26F2N4OS. The number of halogens is 2. The van der Waals surface area contributed by atoms with E-state index in [0.717, 1.165) is 36.6 Å². The van der Waals surface area contributed by atoms with Crippen molar-refractivity contribution in [2.75, 3.05) is 13.1 Å². The van der Waals surface area contributed by atoms with Gasteiger partial charge in [-0.15, -0.1) is 10.2 Å². The van der Waals surface area contributed by atoms with E-state index < -0.39 is 22.7 Å². The first-order valence-corrected chi connectivity index (χ1v) is 11.7. The van der Waals surface area contributed by atoms with Gasteiger partial charge in [-0.3, -0.25) is 9.69 Å². The molecule has 1 aliphatic heterocycles. The maximum atomic E-state index is 14.1. The minimum Gasteiger partial charge on any atom is -0.300 e. The van der Waals surface area contributed by atoms with Gasteiger partial charge in [-0.1, -0.05) is 48.5 Å². The molecule has 0 aliphatic carbocycles. The second-order valence-electron chi connectivity index (χ2n) is 8.06. The molecule has 1 unspecified atom stereocenters. The summed E-state index contributed by atoms with van der Waals surface area (Å²) in [5, 5.41) is 8.82. The van der Waals surface area contributed by atoms with E-state index in [1.165, 1.54) is 37.1 Å². The zero-order valence-corrected chi connectivity index (χ0v) is 18.8. The summed E-state index contributed by atoms with van der Waals surface area (Å²) >= 11 is 1.25. The van der Waals surface area contributed by atoms with Crippen molar-refractivity contribution in [3.63, 3.8) is 0 Å². The Hall–Kier alpha value is -2.58. The highest BCUT2D eigenvalue weighted by molar-refractivity contribution is 8.00. The molecule has 1 atom stereocenters. The van der Waals surface area contributed by atoms with E-state index in [4.69, 9.17) is 0 Å². The minimum absolute atomic E-state index is 0.117. The minimum atomic E-state index is -0.848. The smallest absolute Gasteiger partial charge is 0.192 e. The van der Waals surface area contributed by atoms with Crippen LogP contribution in [0.2, 0.25) is 0 Å². The third-order valence-corrected chi connectivity index (χ3v) is 6.72. The van der Waals surface area contributed by atoms with Crippen LogP contribution in [0.3, 0.4) is 0 Å². The predicted molar refractivity (Wildman–Crippen MR) is 121 cm³/mol. The van der Waals surface area contributed by atoms with Crippen LogP contribution < -0.4 is 0 Å². The van der Waals surface area contributed by atoms with Gasteiger partial charge in [0.2, 0.25) is 0 Å². The molecule has 1 aliphatic rings. The fraction of sp³-hybridized carbons (Fsp3) is 0.375. The number of likely N-dealkylation sites (tertiary alicyclic amines) is 1. The summed E-state index contributed by atoms with van der Waals surface area (Å²) in [6.45, 7) is 5.08. The Bertz CT molecular complexity index is 1070. The van der Waals surface area contributed by atoms with Gasteiger partial charge >= 0.3 is 0 Å². The van der Waals surface area contributed by atoms with Crippen LogP contribution in [0.5, 0.6) is 0 Å². The summed E-state index contributed by atoms with van der Waals surface area (Å²) in [7, 11) is 0. The van der Waals surface area contributed by atoms with Crippen molar-refractivity contribution in [3.05, 3.63) is 77.1 Å².